The highest BCUT2D eigenvalue weighted by atomic mass is 32.2. The second-order valence-corrected chi connectivity index (χ2v) is 8.70. The number of nitrogens with zero attached hydrogens (tertiary/aromatic N) is 3. The molecule has 1 aliphatic rings. The zero-order valence-electron chi connectivity index (χ0n) is 20.1. The van der Waals surface area contributed by atoms with Gasteiger partial charge in [-0.3, -0.25) is 0 Å². The number of unbranched alkanes of at least 4 members (excludes halogenated alkanes) is 1. The molecule has 1 unspecified atom stereocenters. The van der Waals surface area contributed by atoms with Gasteiger partial charge in [0.15, 0.2) is 11.5 Å². The molecule has 1 aliphatic heterocycles. The van der Waals surface area contributed by atoms with Crippen molar-refractivity contribution in [1.82, 2.24) is 14.8 Å². The molecule has 180 valence electrons. The summed E-state index contributed by atoms with van der Waals surface area (Å²) in [4.78, 5) is 17.7. The summed E-state index contributed by atoms with van der Waals surface area (Å²) in [5, 5.41) is 8.67. The highest BCUT2D eigenvalue weighted by Gasteiger charge is 2.35. The van der Waals surface area contributed by atoms with E-state index in [1.54, 1.807) is 23.4 Å². The molecule has 0 bridgehead atoms. The van der Waals surface area contributed by atoms with Gasteiger partial charge in [0, 0.05) is 11.4 Å². The number of hydrogen-bond acceptors (Lipinski definition) is 8. The Kier molecular flexibility index (Phi) is 9.05. The lowest BCUT2D eigenvalue weighted by molar-refractivity contribution is -0.139. The fraction of sp³-hybridized carbons (Fsp3) is 0.542. The van der Waals surface area contributed by atoms with Crippen LogP contribution in [0, 0.1) is 0 Å². The quantitative estimate of drug-likeness (QED) is 0.255. The number of anilines is 1. The molecule has 8 nitrogen and oxygen atoms in total. The van der Waals surface area contributed by atoms with Crippen LogP contribution in [-0.2, 0) is 9.53 Å². The number of aromatic nitrogens is 3. The third kappa shape index (κ3) is 5.82. The van der Waals surface area contributed by atoms with Crippen LogP contribution in [0.5, 0.6) is 11.5 Å². The fourth-order valence-electron chi connectivity index (χ4n) is 3.58. The van der Waals surface area contributed by atoms with Crippen molar-refractivity contribution in [2.75, 3.05) is 30.9 Å². The van der Waals surface area contributed by atoms with Crippen LogP contribution in [-0.4, -0.2) is 46.3 Å². The van der Waals surface area contributed by atoms with Crippen molar-refractivity contribution >= 4 is 23.7 Å². The van der Waals surface area contributed by atoms with Gasteiger partial charge in [0.1, 0.15) is 6.04 Å². The molecule has 1 N–H and O–H groups in total. The molecule has 33 heavy (non-hydrogen) atoms. The minimum atomic E-state index is -0.493. The van der Waals surface area contributed by atoms with Crippen LogP contribution >= 0.6 is 11.8 Å². The number of hydrogen-bond donors (Lipinski definition) is 1. The molecule has 1 aromatic carbocycles. The van der Waals surface area contributed by atoms with E-state index >= 15 is 0 Å². The fourth-order valence-corrected chi connectivity index (χ4v) is 4.49. The average molecular weight is 475 g/mol. The van der Waals surface area contributed by atoms with Gasteiger partial charge in [0.05, 0.1) is 25.4 Å². The maximum absolute atomic E-state index is 13.0. The molecule has 9 heteroatoms. The summed E-state index contributed by atoms with van der Waals surface area (Å²) in [5.41, 5.74) is 2.05. The summed E-state index contributed by atoms with van der Waals surface area (Å²) in [6.45, 7) is 11.2. The Morgan fingerprint density at radius 1 is 1.12 bits per heavy atom. The van der Waals surface area contributed by atoms with Crippen molar-refractivity contribution in [2.45, 2.75) is 65.1 Å². The first-order valence-electron chi connectivity index (χ1n) is 11.7. The van der Waals surface area contributed by atoms with Gasteiger partial charge in [-0.1, -0.05) is 38.1 Å². The second-order valence-electron chi connectivity index (χ2n) is 7.64. The molecule has 0 radical (unpaired) electrons. The summed E-state index contributed by atoms with van der Waals surface area (Å²) in [6.07, 6.45) is 3.10. The normalized spacial score (nSPS) is 15.1. The van der Waals surface area contributed by atoms with Crippen LogP contribution in [0.3, 0.4) is 0 Å². The number of esters is 1. The molecule has 1 atom stereocenters. The van der Waals surface area contributed by atoms with Crippen molar-refractivity contribution in [3.8, 4) is 11.5 Å². The molecule has 0 fully saturated rings. The lowest BCUT2D eigenvalue weighted by atomic mass is 9.95. The van der Waals surface area contributed by atoms with E-state index in [0.29, 0.717) is 53.7 Å². The number of rotatable bonds is 12. The van der Waals surface area contributed by atoms with Crippen LogP contribution in [0.25, 0.3) is 0 Å². The Morgan fingerprint density at radius 3 is 2.64 bits per heavy atom. The third-order valence-electron chi connectivity index (χ3n) is 5.10. The summed E-state index contributed by atoms with van der Waals surface area (Å²) in [7, 11) is 0. The molecule has 2 aromatic rings. The van der Waals surface area contributed by atoms with Crippen LogP contribution < -0.4 is 14.8 Å². The van der Waals surface area contributed by atoms with Crippen LogP contribution in [0.4, 0.5) is 5.95 Å². The summed E-state index contributed by atoms with van der Waals surface area (Å²) >= 11 is 1.62. The maximum Gasteiger partial charge on any atom is 0.338 e. The first kappa shape index (κ1) is 25.0. The predicted octanol–water partition coefficient (Wildman–Crippen LogP) is 5.21. The minimum Gasteiger partial charge on any atom is -0.490 e. The van der Waals surface area contributed by atoms with Gasteiger partial charge in [-0.25, -0.2) is 9.48 Å². The van der Waals surface area contributed by atoms with Crippen molar-refractivity contribution in [3.05, 3.63) is 35.0 Å². The number of benzene rings is 1. The van der Waals surface area contributed by atoms with Gasteiger partial charge in [-0.2, -0.15) is 4.98 Å². The molecule has 0 saturated heterocycles. The zero-order valence-corrected chi connectivity index (χ0v) is 21.0. The Morgan fingerprint density at radius 2 is 1.94 bits per heavy atom. The van der Waals surface area contributed by atoms with E-state index in [9.17, 15) is 4.79 Å². The molecular weight excluding hydrogens is 440 g/mol. The summed E-state index contributed by atoms with van der Waals surface area (Å²) in [6, 6.07) is 5.27. The largest absolute Gasteiger partial charge is 0.490 e. The van der Waals surface area contributed by atoms with Crippen molar-refractivity contribution in [1.29, 1.82) is 0 Å². The van der Waals surface area contributed by atoms with Gasteiger partial charge in [0.25, 0.3) is 0 Å². The number of fused-ring (bicyclic) bond motifs is 1. The molecule has 1 aromatic heterocycles. The molecule has 2 heterocycles. The molecule has 3 rings (SSSR count). The summed E-state index contributed by atoms with van der Waals surface area (Å²) in [5.74, 6) is 2.50. The van der Waals surface area contributed by atoms with E-state index in [0.717, 1.165) is 30.6 Å². The first-order chi connectivity index (χ1) is 16.0. The Hall–Kier alpha value is -2.68. The zero-order chi connectivity index (χ0) is 23.8. The number of allylic oxidation sites excluding steroid dienone is 1. The van der Waals surface area contributed by atoms with E-state index in [1.807, 2.05) is 32.0 Å². The molecule has 0 aliphatic carbocycles. The van der Waals surface area contributed by atoms with Crippen molar-refractivity contribution in [3.63, 3.8) is 0 Å². The minimum absolute atomic E-state index is 0.290. The maximum atomic E-state index is 13.0. The third-order valence-corrected chi connectivity index (χ3v) is 6.03. The average Bonchev–Trinajstić information content (AvgIpc) is 3.20. The van der Waals surface area contributed by atoms with E-state index in [2.05, 4.69) is 24.1 Å². The van der Waals surface area contributed by atoms with Gasteiger partial charge in [-0.05, 0) is 51.3 Å². The Balaban J connectivity index is 2.07. The first-order valence-corrected chi connectivity index (χ1v) is 12.7. The van der Waals surface area contributed by atoms with E-state index in [1.165, 1.54) is 0 Å². The number of carbonyl (C=O) groups is 1. The van der Waals surface area contributed by atoms with Gasteiger partial charge >= 0.3 is 5.97 Å². The number of ether oxygens (including phenoxy) is 3. The SMILES string of the molecule is CCCCSc1nc2n(n1)C(c1ccc(OCCC)c(OCC)c1)C(C(=O)OCC)=C(C)N2. The Labute approximate surface area is 200 Å². The van der Waals surface area contributed by atoms with Crippen LogP contribution in [0.15, 0.2) is 34.6 Å². The van der Waals surface area contributed by atoms with Crippen molar-refractivity contribution < 1.29 is 19.0 Å². The molecule has 0 amide bonds. The summed E-state index contributed by atoms with van der Waals surface area (Å²) < 4.78 is 18.9. The van der Waals surface area contributed by atoms with Crippen LogP contribution in [0.1, 0.15) is 65.5 Å². The Bertz CT molecular complexity index is 989. The van der Waals surface area contributed by atoms with E-state index in [4.69, 9.17) is 19.3 Å². The van der Waals surface area contributed by atoms with Gasteiger partial charge < -0.3 is 19.5 Å². The van der Waals surface area contributed by atoms with E-state index in [-0.39, 0.29) is 5.97 Å². The highest BCUT2D eigenvalue weighted by Crippen LogP contribution is 2.40. The molecule has 0 saturated carbocycles. The molecule has 0 spiro atoms. The predicted molar refractivity (Wildman–Crippen MR) is 130 cm³/mol. The van der Waals surface area contributed by atoms with E-state index < -0.39 is 6.04 Å². The topological polar surface area (TPSA) is 87.5 Å². The second kappa shape index (κ2) is 12.0. The lowest BCUT2D eigenvalue weighted by Gasteiger charge is -2.28. The highest BCUT2D eigenvalue weighted by molar-refractivity contribution is 7.99. The monoisotopic (exact) mass is 474 g/mol. The van der Waals surface area contributed by atoms with Gasteiger partial charge in [0.2, 0.25) is 11.1 Å². The number of carbonyl (C=O) groups excluding carboxylic acids is 1. The van der Waals surface area contributed by atoms with Crippen LogP contribution in [0.2, 0.25) is 0 Å². The smallest absolute Gasteiger partial charge is 0.338 e. The standard InChI is InChI=1S/C24H34N4O4S/c1-6-10-14-33-24-26-23-25-16(5)20(22(29)31-9-4)21(28(23)27-24)17-11-12-18(32-13-7-2)19(15-17)30-8-3/h11-12,15,21H,6-10,13-14H2,1-5H3,(H,25,26,27). The molecular formula is C24H34N4O4S. The lowest BCUT2D eigenvalue weighted by Crippen LogP contribution is -2.29. The van der Waals surface area contributed by atoms with Crippen molar-refractivity contribution in [2.24, 2.45) is 0 Å². The van der Waals surface area contributed by atoms with Gasteiger partial charge in [-0.15, -0.1) is 5.10 Å². The number of nitrogens with one attached hydrogen (secondary N) is 1. The number of thioether (sulfide) groups is 1.